The summed E-state index contributed by atoms with van der Waals surface area (Å²) >= 11 is 0. The first-order valence-electron chi connectivity index (χ1n) is 12.4. The zero-order valence-corrected chi connectivity index (χ0v) is 21.6. The highest BCUT2D eigenvalue weighted by molar-refractivity contribution is 5.89. The molecule has 0 aliphatic heterocycles. The first-order chi connectivity index (χ1) is 18.0. The summed E-state index contributed by atoms with van der Waals surface area (Å²) in [6.07, 6.45) is -4.12. The fourth-order valence-electron chi connectivity index (χ4n) is 4.50. The second-order valence-corrected chi connectivity index (χ2v) is 9.12. The number of carbonyl (C=O) groups excluding carboxylic acids is 1. The van der Waals surface area contributed by atoms with Crippen molar-refractivity contribution in [2.24, 2.45) is 0 Å². The molecule has 0 saturated carbocycles. The zero-order chi connectivity index (χ0) is 27.6. The largest absolute Gasteiger partial charge is 0.416 e. The Morgan fingerprint density at radius 2 is 1.74 bits per heavy atom. The number of amides is 2. The average molecular weight is 523 g/mol. The number of urea groups is 1. The van der Waals surface area contributed by atoms with E-state index in [4.69, 9.17) is 4.98 Å². The summed E-state index contributed by atoms with van der Waals surface area (Å²) in [7, 11) is 0. The molecule has 3 aromatic carbocycles. The molecule has 1 N–H and O–H groups in total. The minimum Gasteiger partial charge on any atom is -0.315 e. The zero-order valence-electron chi connectivity index (χ0n) is 21.6. The fourth-order valence-corrected chi connectivity index (χ4v) is 4.50. The molecule has 1 atom stereocenters. The monoisotopic (exact) mass is 522 g/mol. The van der Waals surface area contributed by atoms with E-state index in [0.717, 1.165) is 23.3 Å². The van der Waals surface area contributed by atoms with Crippen molar-refractivity contribution < 1.29 is 18.0 Å². The summed E-state index contributed by atoms with van der Waals surface area (Å²) in [5.74, 6) is 0.375. The van der Waals surface area contributed by atoms with Gasteiger partial charge in [0.25, 0.3) is 5.56 Å². The number of fused-ring (bicyclic) bond motifs is 1. The molecule has 6 nitrogen and oxygen atoms in total. The molecule has 0 radical (unpaired) electrons. The Balaban J connectivity index is 1.82. The molecule has 0 spiro atoms. The second-order valence-electron chi connectivity index (χ2n) is 9.12. The number of benzene rings is 3. The van der Waals surface area contributed by atoms with E-state index in [0.29, 0.717) is 28.8 Å². The van der Waals surface area contributed by atoms with E-state index in [2.05, 4.69) is 5.32 Å². The number of alkyl halides is 3. The van der Waals surface area contributed by atoms with Crippen molar-refractivity contribution in [3.8, 4) is 5.69 Å². The van der Waals surface area contributed by atoms with Gasteiger partial charge >= 0.3 is 12.2 Å². The summed E-state index contributed by atoms with van der Waals surface area (Å²) in [6, 6.07) is 16.0. The Labute approximate surface area is 218 Å². The molecule has 4 rings (SSSR count). The van der Waals surface area contributed by atoms with Gasteiger partial charge in [-0.1, -0.05) is 31.2 Å². The molecule has 1 aromatic heterocycles. The normalized spacial score (nSPS) is 12.4. The van der Waals surface area contributed by atoms with E-state index in [9.17, 15) is 22.8 Å². The molecular weight excluding hydrogens is 493 g/mol. The highest BCUT2D eigenvalue weighted by Crippen LogP contribution is 2.31. The summed E-state index contributed by atoms with van der Waals surface area (Å²) in [4.78, 5) is 33.5. The SMILES string of the molecule is CCC(c1nc2ccccc2c(=O)n1-c1ccc(C)c(C)c1)N(CC)C(=O)Nc1cccc(C(F)(F)F)c1. The summed E-state index contributed by atoms with van der Waals surface area (Å²) < 4.78 is 41.1. The Kier molecular flexibility index (Phi) is 7.57. The standard InChI is InChI=1S/C29H29F3N4O2/c1-5-25(35(6-2)28(38)33-21-11-9-10-20(17-21)29(30,31)32)26-34-24-13-8-7-12-23(24)27(37)36(26)22-15-14-18(3)19(4)16-22/h7-17,25H,5-6H2,1-4H3,(H,33,38). The van der Waals surface area contributed by atoms with Crippen LogP contribution in [0.1, 0.15) is 48.8 Å². The van der Waals surface area contributed by atoms with Crippen LogP contribution in [0.4, 0.5) is 23.7 Å². The Morgan fingerprint density at radius 3 is 2.39 bits per heavy atom. The van der Waals surface area contributed by atoms with Crippen LogP contribution in [0.5, 0.6) is 0 Å². The minimum atomic E-state index is -4.53. The quantitative estimate of drug-likeness (QED) is 0.296. The van der Waals surface area contributed by atoms with Gasteiger partial charge in [0.2, 0.25) is 0 Å². The lowest BCUT2D eigenvalue weighted by Crippen LogP contribution is -2.40. The number of nitrogens with one attached hydrogen (secondary N) is 1. The molecule has 4 aromatic rings. The molecule has 38 heavy (non-hydrogen) atoms. The van der Waals surface area contributed by atoms with Crippen molar-refractivity contribution in [2.45, 2.75) is 46.3 Å². The number of rotatable bonds is 6. The van der Waals surface area contributed by atoms with Gasteiger partial charge in [0.15, 0.2) is 0 Å². The van der Waals surface area contributed by atoms with Crippen LogP contribution >= 0.6 is 0 Å². The van der Waals surface area contributed by atoms with Gasteiger partial charge in [0, 0.05) is 12.2 Å². The third kappa shape index (κ3) is 5.27. The van der Waals surface area contributed by atoms with Crippen LogP contribution in [0, 0.1) is 13.8 Å². The maximum absolute atomic E-state index is 13.8. The van der Waals surface area contributed by atoms with Crippen LogP contribution in [0.2, 0.25) is 0 Å². The maximum atomic E-state index is 13.8. The van der Waals surface area contributed by atoms with Gasteiger partial charge in [-0.05, 0) is 80.8 Å². The summed E-state index contributed by atoms with van der Waals surface area (Å²) in [6.45, 7) is 7.81. The Morgan fingerprint density at radius 1 is 1.00 bits per heavy atom. The van der Waals surface area contributed by atoms with E-state index >= 15 is 0 Å². The van der Waals surface area contributed by atoms with E-state index < -0.39 is 23.8 Å². The Bertz CT molecular complexity index is 1550. The highest BCUT2D eigenvalue weighted by atomic mass is 19.4. The first kappa shape index (κ1) is 26.9. The number of halogens is 3. The van der Waals surface area contributed by atoms with Gasteiger partial charge in [-0.25, -0.2) is 9.78 Å². The third-order valence-electron chi connectivity index (χ3n) is 6.65. The van der Waals surface area contributed by atoms with E-state index in [1.54, 1.807) is 31.2 Å². The van der Waals surface area contributed by atoms with E-state index in [1.807, 2.05) is 39.0 Å². The molecule has 1 unspecified atom stereocenters. The summed E-state index contributed by atoms with van der Waals surface area (Å²) in [5.41, 5.74) is 2.10. The van der Waals surface area contributed by atoms with Crippen LogP contribution in [0.15, 0.2) is 71.5 Å². The number of anilines is 1. The molecule has 9 heteroatoms. The van der Waals surface area contributed by atoms with Crippen LogP contribution in [-0.4, -0.2) is 27.0 Å². The van der Waals surface area contributed by atoms with Crippen LogP contribution in [-0.2, 0) is 6.18 Å². The van der Waals surface area contributed by atoms with E-state index in [1.165, 1.54) is 21.6 Å². The molecule has 0 fully saturated rings. The van der Waals surface area contributed by atoms with Crippen molar-refractivity contribution in [1.29, 1.82) is 0 Å². The van der Waals surface area contributed by atoms with Gasteiger partial charge < -0.3 is 10.2 Å². The lowest BCUT2D eigenvalue weighted by Gasteiger charge is -2.31. The number of carbonyl (C=O) groups is 1. The second kappa shape index (κ2) is 10.7. The molecule has 198 valence electrons. The van der Waals surface area contributed by atoms with Crippen LogP contribution in [0.3, 0.4) is 0 Å². The molecule has 0 saturated heterocycles. The molecule has 0 aliphatic rings. The predicted molar refractivity (Wildman–Crippen MR) is 143 cm³/mol. The van der Waals surface area contributed by atoms with Crippen molar-refractivity contribution in [1.82, 2.24) is 14.5 Å². The number of hydrogen-bond donors (Lipinski definition) is 1. The smallest absolute Gasteiger partial charge is 0.315 e. The van der Waals surface area contributed by atoms with Crippen molar-refractivity contribution in [2.75, 3.05) is 11.9 Å². The Hall–Kier alpha value is -4.14. The topological polar surface area (TPSA) is 67.2 Å². The van der Waals surface area contributed by atoms with Crippen LogP contribution in [0.25, 0.3) is 16.6 Å². The number of para-hydroxylation sites is 1. The highest BCUT2D eigenvalue weighted by Gasteiger charge is 2.31. The lowest BCUT2D eigenvalue weighted by molar-refractivity contribution is -0.137. The van der Waals surface area contributed by atoms with Gasteiger partial charge in [0.1, 0.15) is 5.82 Å². The van der Waals surface area contributed by atoms with Crippen molar-refractivity contribution in [3.05, 3.63) is 99.6 Å². The average Bonchev–Trinajstić information content (AvgIpc) is 2.88. The molecule has 2 amide bonds. The first-order valence-corrected chi connectivity index (χ1v) is 12.4. The number of aryl methyl sites for hydroxylation is 2. The van der Waals surface area contributed by atoms with Gasteiger partial charge in [0.05, 0.1) is 28.2 Å². The predicted octanol–water partition coefficient (Wildman–Crippen LogP) is 7.03. The number of aromatic nitrogens is 2. The number of nitrogens with zero attached hydrogens (tertiary/aromatic N) is 3. The lowest BCUT2D eigenvalue weighted by atomic mass is 10.1. The molecular formula is C29H29F3N4O2. The van der Waals surface area contributed by atoms with Gasteiger partial charge in [-0.3, -0.25) is 9.36 Å². The van der Waals surface area contributed by atoms with Crippen molar-refractivity contribution in [3.63, 3.8) is 0 Å². The van der Waals surface area contributed by atoms with Gasteiger partial charge in [-0.2, -0.15) is 13.2 Å². The fraction of sp³-hybridized carbons (Fsp3) is 0.276. The molecule has 0 bridgehead atoms. The van der Waals surface area contributed by atoms with E-state index in [-0.39, 0.29) is 17.8 Å². The minimum absolute atomic E-state index is 0.0242. The third-order valence-corrected chi connectivity index (χ3v) is 6.65. The van der Waals surface area contributed by atoms with Gasteiger partial charge in [-0.15, -0.1) is 0 Å². The molecule has 1 heterocycles. The summed E-state index contributed by atoms with van der Waals surface area (Å²) in [5, 5.41) is 3.03. The van der Waals surface area contributed by atoms with Crippen LogP contribution < -0.4 is 10.9 Å². The molecule has 0 aliphatic carbocycles. The number of hydrogen-bond acceptors (Lipinski definition) is 3. The maximum Gasteiger partial charge on any atom is 0.416 e. The van der Waals surface area contributed by atoms with Crippen molar-refractivity contribution >= 4 is 22.6 Å².